The summed E-state index contributed by atoms with van der Waals surface area (Å²) in [5.41, 5.74) is 1.62. The minimum atomic E-state index is -0.342. The van der Waals surface area contributed by atoms with Crippen molar-refractivity contribution in [2.75, 3.05) is 6.54 Å². The average molecular weight is 314 g/mol. The standard InChI is InChI=1S/C13H18N2O5S/c16-12(14-17)7-3-1-2-4-8-15-19-13(21-20-15)10-11-6-5-9-18-11/h5-6,9-10,17H,1-4,7-8H2,(H,14,16)/b13-10-. The lowest BCUT2D eigenvalue weighted by Crippen LogP contribution is -2.18. The maximum atomic E-state index is 10.8. The number of hydroxylamine groups is 3. The molecule has 0 aliphatic carbocycles. The Bertz CT molecular complexity index is 463. The molecule has 0 atom stereocenters. The van der Waals surface area contributed by atoms with Crippen molar-refractivity contribution in [3.63, 3.8) is 0 Å². The molecule has 1 aliphatic rings. The van der Waals surface area contributed by atoms with Gasteiger partial charge in [0.2, 0.25) is 11.0 Å². The summed E-state index contributed by atoms with van der Waals surface area (Å²) < 4.78 is 10.5. The monoisotopic (exact) mass is 314 g/mol. The quantitative estimate of drug-likeness (QED) is 0.330. The summed E-state index contributed by atoms with van der Waals surface area (Å²) in [7, 11) is 0. The molecule has 8 heteroatoms. The summed E-state index contributed by atoms with van der Waals surface area (Å²) in [5.74, 6) is 0.371. The van der Waals surface area contributed by atoms with Gasteiger partial charge in [-0.25, -0.2) is 5.48 Å². The van der Waals surface area contributed by atoms with Crippen LogP contribution in [0.3, 0.4) is 0 Å². The Morgan fingerprint density at radius 1 is 1.38 bits per heavy atom. The van der Waals surface area contributed by atoms with E-state index in [0.29, 0.717) is 23.8 Å². The molecule has 2 N–H and O–H groups in total. The zero-order valence-electron chi connectivity index (χ0n) is 11.5. The zero-order chi connectivity index (χ0) is 14.9. The van der Waals surface area contributed by atoms with Crippen molar-refractivity contribution >= 4 is 24.0 Å². The molecule has 1 aliphatic heterocycles. The highest BCUT2D eigenvalue weighted by atomic mass is 32.2. The van der Waals surface area contributed by atoms with Crippen LogP contribution >= 0.6 is 12.0 Å². The lowest BCUT2D eigenvalue weighted by Gasteiger charge is -2.09. The summed E-state index contributed by atoms with van der Waals surface area (Å²) >= 11 is 1.15. The van der Waals surface area contributed by atoms with Gasteiger partial charge in [-0.2, -0.15) is 4.28 Å². The molecule has 0 unspecified atom stereocenters. The Morgan fingerprint density at radius 2 is 2.24 bits per heavy atom. The third kappa shape index (κ3) is 5.80. The molecule has 7 nitrogen and oxygen atoms in total. The van der Waals surface area contributed by atoms with Crippen molar-refractivity contribution in [3.05, 3.63) is 29.2 Å². The molecule has 1 amide bonds. The summed E-state index contributed by atoms with van der Waals surface area (Å²) in [6.07, 6.45) is 7.24. The number of unbranched alkanes of at least 4 members (excludes halogenated alkanes) is 3. The molecular formula is C13H18N2O5S. The highest BCUT2D eigenvalue weighted by molar-refractivity contribution is 7.98. The molecule has 116 valence electrons. The first-order valence-electron chi connectivity index (χ1n) is 6.76. The predicted molar refractivity (Wildman–Crippen MR) is 76.2 cm³/mol. The molecule has 2 heterocycles. The van der Waals surface area contributed by atoms with Gasteiger partial charge in [-0.15, -0.1) is 0 Å². The van der Waals surface area contributed by atoms with E-state index in [1.54, 1.807) is 17.8 Å². The third-order valence-electron chi connectivity index (χ3n) is 2.82. The van der Waals surface area contributed by atoms with E-state index in [9.17, 15) is 4.79 Å². The van der Waals surface area contributed by atoms with Crippen LogP contribution in [0, 0.1) is 0 Å². The van der Waals surface area contributed by atoms with Gasteiger partial charge in [0.1, 0.15) is 5.76 Å². The minimum Gasteiger partial charge on any atom is -0.465 e. The molecule has 0 bridgehead atoms. The van der Waals surface area contributed by atoms with Gasteiger partial charge in [-0.05, 0) is 30.2 Å². The number of furan rings is 1. The van der Waals surface area contributed by atoms with Crippen LogP contribution in [0.2, 0.25) is 0 Å². The van der Waals surface area contributed by atoms with Crippen molar-refractivity contribution in [1.82, 2.24) is 10.7 Å². The highest BCUT2D eigenvalue weighted by Crippen LogP contribution is 2.31. The van der Waals surface area contributed by atoms with Crippen LogP contribution in [0.1, 0.15) is 37.9 Å². The molecule has 0 aromatic carbocycles. The van der Waals surface area contributed by atoms with Gasteiger partial charge in [0, 0.05) is 12.5 Å². The van der Waals surface area contributed by atoms with E-state index in [2.05, 4.69) is 0 Å². The molecule has 0 radical (unpaired) electrons. The maximum absolute atomic E-state index is 10.8. The number of nitrogens with one attached hydrogen (secondary N) is 1. The number of rotatable bonds is 8. The fourth-order valence-electron chi connectivity index (χ4n) is 1.77. The first-order valence-corrected chi connectivity index (χ1v) is 7.50. The zero-order valence-corrected chi connectivity index (χ0v) is 12.3. The number of hydrogen-bond donors (Lipinski definition) is 2. The Hall–Kier alpha value is -1.48. The van der Waals surface area contributed by atoms with Crippen LogP contribution < -0.4 is 5.48 Å². The molecule has 1 aromatic heterocycles. The van der Waals surface area contributed by atoms with Gasteiger partial charge in [0.25, 0.3) is 0 Å². The first kappa shape index (κ1) is 15.9. The number of carbonyl (C=O) groups excluding carboxylic acids is 1. The second kappa shape index (κ2) is 8.73. The Morgan fingerprint density at radius 3 is 3.00 bits per heavy atom. The van der Waals surface area contributed by atoms with Gasteiger partial charge in [0.05, 0.1) is 24.9 Å². The molecule has 21 heavy (non-hydrogen) atoms. The fraction of sp³-hybridized carbons (Fsp3) is 0.462. The van der Waals surface area contributed by atoms with E-state index in [1.807, 2.05) is 12.1 Å². The second-order valence-corrected chi connectivity index (χ2v) is 5.20. The van der Waals surface area contributed by atoms with Gasteiger partial charge in [-0.3, -0.25) is 10.0 Å². The molecule has 1 saturated heterocycles. The average Bonchev–Trinajstić information content (AvgIpc) is 3.15. The molecule has 1 aromatic rings. The molecule has 1 fully saturated rings. The number of hydrogen-bond acceptors (Lipinski definition) is 7. The van der Waals surface area contributed by atoms with E-state index in [1.165, 1.54) is 5.23 Å². The number of amides is 1. The normalized spacial score (nSPS) is 17.1. The molecular weight excluding hydrogens is 296 g/mol. The first-order chi connectivity index (χ1) is 10.3. The van der Waals surface area contributed by atoms with E-state index < -0.39 is 0 Å². The van der Waals surface area contributed by atoms with E-state index >= 15 is 0 Å². The van der Waals surface area contributed by atoms with Gasteiger partial charge in [-0.1, -0.05) is 12.8 Å². The van der Waals surface area contributed by atoms with E-state index in [-0.39, 0.29) is 5.91 Å². The van der Waals surface area contributed by atoms with Gasteiger partial charge < -0.3 is 9.25 Å². The highest BCUT2D eigenvalue weighted by Gasteiger charge is 2.21. The third-order valence-corrected chi connectivity index (χ3v) is 3.41. The van der Waals surface area contributed by atoms with Crippen LogP contribution in [0.25, 0.3) is 6.08 Å². The van der Waals surface area contributed by atoms with Crippen molar-refractivity contribution < 1.29 is 23.5 Å². The van der Waals surface area contributed by atoms with E-state index in [4.69, 9.17) is 18.7 Å². The van der Waals surface area contributed by atoms with Crippen LogP contribution in [-0.2, 0) is 13.9 Å². The Kier molecular flexibility index (Phi) is 6.61. The predicted octanol–water partition coefficient (Wildman–Crippen LogP) is 2.86. The van der Waals surface area contributed by atoms with E-state index in [0.717, 1.165) is 37.7 Å². The summed E-state index contributed by atoms with van der Waals surface area (Å²) in [4.78, 5) is 16.3. The molecule has 0 saturated carbocycles. The Labute approximate surface area is 127 Å². The largest absolute Gasteiger partial charge is 0.465 e. The SMILES string of the molecule is O=C(CCCCCCN1OS/C(=C\c2ccco2)O1)NO. The van der Waals surface area contributed by atoms with Gasteiger partial charge >= 0.3 is 0 Å². The molecule has 2 rings (SSSR count). The second-order valence-electron chi connectivity index (χ2n) is 4.48. The van der Waals surface area contributed by atoms with Crippen molar-refractivity contribution in [2.45, 2.75) is 32.1 Å². The van der Waals surface area contributed by atoms with Crippen molar-refractivity contribution in [2.24, 2.45) is 0 Å². The summed E-state index contributed by atoms with van der Waals surface area (Å²) in [6.45, 7) is 0.648. The summed E-state index contributed by atoms with van der Waals surface area (Å²) in [6, 6.07) is 3.64. The topological polar surface area (TPSA) is 84.2 Å². The Balaban J connectivity index is 1.55. The van der Waals surface area contributed by atoms with Crippen LogP contribution in [0.4, 0.5) is 0 Å². The lowest BCUT2D eigenvalue weighted by molar-refractivity contribution is -0.259. The van der Waals surface area contributed by atoms with Crippen LogP contribution in [-0.4, -0.2) is 22.9 Å². The van der Waals surface area contributed by atoms with Crippen molar-refractivity contribution in [3.8, 4) is 0 Å². The lowest BCUT2D eigenvalue weighted by atomic mass is 10.1. The van der Waals surface area contributed by atoms with Crippen LogP contribution in [0.15, 0.2) is 27.9 Å². The smallest absolute Gasteiger partial charge is 0.243 e. The van der Waals surface area contributed by atoms with Gasteiger partial charge in [0.15, 0.2) is 0 Å². The van der Waals surface area contributed by atoms with Crippen LogP contribution in [0.5, 0.6) is 0 Å². The maximum Gasteiger partial charge on any atom is 0.243 e. The minimum absolute atomic E-state index is 0.342. The van der Waals surface area contributed by atoms with Crippen molar-refractivity contribution in [1.29, 1.82) is 0 Å². The fourth-order valence-corrected chi connectivity index (χ4v) is 2.31. The summed E-state index contributed by atoms with van der Waals surface area (Å²) in [5, 5.41) is 10.4. The number of nitrogens with zero attached hydrogens (tertiary/aromatic N) is 1. The molecule has 0 spiro atoms. The number of carbonyl (C=O) groups is 1.